The molecule has 0 unspecified atom stereocenters. The normalized spacial score (nSPS) is 12.9. The highest BCUT2D eigenvalue weighted by Gasteiger charge is 2.17. The van der Waals surface area contributed by atoms with E-state index in [1.165, 1.54) is 0 Å². The van der Waals surface area contributed by atoms with Gasteiger partial charge in [0.2, 0.25) is 0 Å². The Morgan fingerprint density at radius 3 is 2.58 bits per heavy atom. The third-order valence-electron chi connectivity index (χ3n) is 2.26. The van der Waals surface area contributed by atoms with E-state index in [1.54, 1.807) is 32.9 Å². The second kappa shape index (κ2) is 5.93. The van der Waals surface area contributed by atoms with Crippen molar-refractivity contribution in [3.05, 3.63) is 23.8 Å². The second-order valence-corrected chi connectivity index (χ2v) is 5.66. The Balaban J connectivity index is 2.72. The molecule has 4 N–H and O–H groups in total. The van der Waals surface area contributed by atoms with Gasteiger partial charge in [0.05, 0.1) is 5.69 Å². The smallest absolute Gasteiger partial charge is 0.412 e. The molecule has 5 heteroatoms. The van der Waals surface area contributed by atoms with Crippen LogP contribution in [0.3, 0.4) is 0 Å². The van der Waals surface area contributed by atoms with E-state index >= 15 is 0 Å². The maximum Gasteiger partial charge on any atom is 0.412 e. The molecule has 0 bridgehead atoms. The van der Waals surface area contributed by atoms with E-state index in [4.69, 9.17) is 10.5 Å². The van der Waals surface area contributed by atoms with Crippen molar-refractivity contribution >= 4 is 11.8 Å². The number of benzene rings is 1. The highest BCUT2D eigenvalue weighted by atomic mass is 16.6. The second-order valence-electron chi connectivity index (χ2n) is 5.66. The molecule has 0 aliphatic heterocycles. The lowest BCUT2D eigenvalue weighted by Gasteiger charge is -2.20. The Kier molecular flexibility index (Phi) is 4.78. The maximum absolute atomic E-state index is 11.6. The van der Waals surface area contributed by atoms with Gasteiger partial charge in [0, 0.05) is 6.04 Å². The van der Waals surface area contributed by atoms with Crippen LogP contribution in [-0.2, 0) is 11.2 Å². The van der Waals surface area contributed by atoms with Crippen molar-refractivity contribution in [3.8, 4) is 5.75 Å². The fraction of sp³-hybridized carbons (Fsp3) is 0.500. The quantitative estimate of drug-likeness (QED) is 0.734. The van der Waals surface area contributed by atoms with Crippen LogP contribution >= 0.6 is 0 Å². The van der Waals surface area contributed by atoms with Crippen molar-refractivity contribution < 1.29 is 14.6 Å². The number of carbonyl (C=O) groups is 1. The zero-order valence-electron chi connectivity index (χ0n) is 11.9. The topological polar surface area (TPSA) is 84.6 Å². The summed E-state index contributed by atoms with van der Waals surface area (Å²) >= 11 is 0. The van der Waals surface area contributed by atoms with Crippen LogP contribution in [0.25, 0.3) is 0 Å². The van der Waals surface area contributed by atoms with E-state index in [0.29, 0.717) is 12.1 Å². The molecule has 0 spiro atoms. The molecule has 0 saturated heterocycles. The number of hydrogen-bond donors (Lipinski definition) is 3. The minimum absolute atomic E-state index is 0.00371. The molecule has 0 aromatic heterocycles. The minimum atomic E-state index is -0.595. The van der Waals surface area contributed by atoms with Gasteiger partial charge in [0.25, 0.3) is 0 Å². The lowest BCUT2D eigenvalue weighted by molar-refractivity contribution is 0.0635. The number of rotatable bonds is 3. The molecule has 5 nitrogen and oxygen atoms in total. The number of ether oxygens (including phenoxy) is 1. The van der Waals surface area contributed by atoms with Crippen LogP contribution in [0.1, 0.15) is 33.3 Å². The summed E-state index contributed by atoms with van der Waals surface area (Å²) in [5.74, 6) is 0.00371. The molecule has 1 aromatic carbocycles. The number of phenols is 1. The highest BCUT2D eigenvalue weighted by molar-refractivity contribution is 5.86. The SMILES string of the molecule is C[C@@H](N)Cc1ccc(NC(=O)OC(C)(C)C)c(O)c1. The summed E-state index contributed by atoms with van der Waals surface area (Å²) in [7, 11) is 0. The third-order valence-corrected chi connectivity index (χ3v) is 2.26. The van der Waals surface area contributed by atoms with Crippen molar-refractivity contribution in [2.24, 2.45) is 5.73 Å². The zero-order chi connectivity index (χ0) is 14.6. The van der Waals surface area contributed by atoms with Crippen LogP contribution in [0.5, 0.6) is 5.75 Å². The van der Waals surface area contributed by atoms with Gasteiger partial charge >= 0.3 is 6.09 Å². The summed E-state index contributed by atoms with van der Waals surface area (Å²) in [6, 6.07) is 5.06. The van der Waals surface area contributed by atoms with Gasteiger partial charge in [-0.15, -0.1) is 0 Å². The molecule has 106 valence electrons. The summed E-state index contributed by atoms with van der Waals surface area (Å²) in [6.45, 7) is 7.22. The fourth-order valence-corrected chi connectivity index (χ4v) is 1.60. The molecular weight excluding hydrogens is 244 g/mol. The van der Waals surface area contributed by atoms with Gasteiger partial charge in [-0.3, -0.25) is 5.32 Å². The monoisotopic (exact) mass is 266 g/mol. The highest BCUT2D eigenvalue weighted by Crippen LogP contribution is 2.25. The fourth-order valence-electron chi connectivity index (χ4n) is 1.60. The average molecular weight is 266 g/mol. The first-order valence-electron chi connectivity index (χ1n) is 6.25. The van der Waals surface area contributed by atoms with E-state index in [-0.39, 0.29) is 11.8 Å². The number of phenolic OH excluding ortho intramolecular Hbond substituents is 1. The lowest BCUT2D eigenvalue weighted by atomic mass is 10.1. The predicted octanol–water partition coefficient (Wildman–Crippen LogP) is 2.63. The first kappa shape index (κ1) is 15.3. The van der Waals surface area contributed by atoms with Gasteiger partial charge in [-0.05, 0) is 51.8 Å². The molecule has 0 fully saturated rings. The molecular formula is C14H22N2O3. The van der Waals surface area contributed by atoms with Crippen LogP contribution in [0.15, 0.2) is 18.2 Å². The average Bonchev–Trinajstić information content (AvgIpc) is 2.18. The summed E-state index contributed by atoms with van der Waals surface area (Å²) in [5, 5.41) is 12.3. The summed E-state index contributed by atoms with van der Waals surface area (Å²) < 4.78 is 5.11. The lowest BCUT2D eigenvalue weighted by Crippen LogP contribution is -2.27. The molecule has 0 saturated carbocycles. The number of nitrogens with two attached hydrogens (primary N) is 1. The Bertz CT molecular complexity index is 450. The molecule has 0 aliphatic rings. The van der Waals surface area contributed by atoms with Crippen molar-refractivity contribution in [2.45, 2.75) is 45.8 Å². The number of nitrogens with one attached hydrogen (secondary N) is 1. The summed E-state index contributed by atoms with van der Waals surface area (Å²) in [4.78, 5) is 11.6. The molecule has 0 aliphatic carbocycles. The first-order chi connectivity index (χ1) is 8.67. The third kappa shape index (κ3) is 5.61. The van der Waals surface area contributed by atoms with E-state index in [1.807, 2.05) is 13.0 Å². The molecule has 1 amide bonds. The Morgan fingerprint density at radius 1 is 1.47 bits per heavy atom. The van der Waals surface area contributed by atoms with Crippen LogP contribution in [-0.4, -0.2) is 22.8 Å². The molecule has 1 aromatic rings. The van der Waals surface area contributed by atoms with Gasteiger partial charge < -0.3 is 15.6 Å². The molecule has 1 atom stereocenters. The van der Waals surface area contributed by atoms with Gasteiger partial charge in [-0.2, -0.15) is 0 Å². The number of anilines is 1. The number of carbonyl (C=O) groups excluding carboxylic acids is 1. The van der Waals surface area contributed by atoms with Crippen LogP contribution in [0, 0.1) is 0 Å². The van der Waals surface area contributed by atoms with E-state index < -0.39 is 11.7 Å². The predicted molar refractivity (Wildman–Crippen MR) is 75.3 cm³/mol. The number of hydrogen-bond acceptors (Lipinski definition) is 4. The Labute approximate surface area is 113 Å². The van der Waals surface area contributed by atoms with Crippen molar-refractivity contribution in [1.29, 1.82) is 0 Å². The number of amides is 1. The van der Waals surface area contributed by atoms with Gasteiger partial charge in [-0.25, -0.2) is 4.79 Å². The minimum Gasteiger partial charge on any atom is -0.506 e. The van der Waals surface area contributed by atoms with Crippen molar-refractivity contribution in [2.75, 3.05) is 5.32 Å². The molecule has 19 heavy (non-hydrogen) atoms. The number of aromatic hydroxyl groups is 1. The standard InChI is InChI=1S/C14H22N2O3/c1-9(15)7-10-5-6-11(12(17)8-10)16-13(18)19-14(2,3)4/h5-6,8-9,17H,7,15H2,1-4H3,(H,16,18)/t9-/m1/s1. The maximum atomic E-state index is 11.6. The largest absolute Gasteiger partial charge is 0.506 e. The van der Waals surface area contributed by atoms with Gasteiger partial charge in [-0.1, -0.05) is 6.07 Å². The Hall–Kier alpha value is -1.75. The van der Waals surface area contributed by atoms with Crippen molar-refractivity contribution in [3.63, 3.8) is 0 Å². The van der Waals surface area contributed by atoms with E-state index in [9.17, 15) is 9.90 Å². The molecule has 0 heterocycles. The van der Waals surface area contributed by atoms with Crippen LogP contribution < -0.4 is 11.1 Å². The molecule has 1 rings (SSSR count). The van der Waals surface area contributed by atoms with Gasteiger partial charge in [0.15, 0.2) is 0 Å². The van der Waals surface area contributed by atoms with Crippen LogP contribution in [0.4, 0.5) is 10.5 Å². The van der Waals surface area contributed by atoms with E-state index in [0.717, 1.165) is 5.56 Å². The van der Waals surface area contributed by atoms with Crippen molar-refractivity contribution in [1.82, 2.24) is 0 Å². The van der Waals surface area contributed by atoms with Gasteiger partial charge in [0.1, 0.15) is 11.4 Å². The summed E-state index contributed by atoms with van der Waals surface area (Å²) in [5.41, 5.74) is 6.36. The molecule has 0 radical (unpaired) electrons. The van der Waals surface area contributed by atoms with E-state index in [2.05, 4.69) is 5.32 Å². The summed E-state index contributed by atoms with van der Waals surface area (Å²) in [6.07, 6.45) is 0.0723. The van der Waals surface area contributed by atoms with Crippen LogP contribution in [0.2, 0.25) is 0 Å². The first-order valence-corrected chi connectivity index (χ1v) is 6.25. The Morgan fingerprint density at radius 2 is 2.11 bits per heavy atom. The zero-order valence-corrected chi connectivity index (χ0v) is 11.9.